The van der Waals surface area contributed by atoms with Gasteiger partial charge in [-0.3, -0.25) is 9.59 Å². The number of carboxylic acids is 1. The lowest BCUT2D eigenvalue weighted by molar-refractivity contribution is -0.150. The van der Waals surface area contributed by atoms with Crippen LogP contribution in [-0.4, -0.2) is 34.5 Å². The molecule has 0 bridgehead atoms. The van der Waals surface area contributed by atoms with E-state index in [0.29, 0.717) is 19.4 Å². The number of carbonyl (C=O) groups excluding carboxylic acids is 1. The lowest BCUT2D eigenvalue weighted by Gasteiger charge is -2.39. The molecule has 0 aromatic rings. The maximum atomic E-state index is 12.1. The third-order valence-electron chi connectivity index (χ3n) is 3.13. The van der Waals surface area contributed by atoms with E-state index in [4.69, 9.17) is 5.11 Å². The SMILES string of the molecule is CC1CC(C(=O)O)CCN1C(=O)C(C)(C)C. The number of amides is 1. The van der Waals surface area contributed by atoms with Gasteiger partial charge in [-0.1, -0.05) is 20.8 Å². The van der Waals surface area contributed by atoms with Crippen LogP contribution in [0.1, 0.15) is 40.5 Å². The molecule has 16 heavy (non-hydrogen) atoms. The fourth-order valence-electron chi connectivity index (χ4n) is 2.13. The molecule has 1 aliphatic rings. The molecule has 0 saturated carbocycles. The zero-order chi connectivity index (χ0) is 12.5. The molecular weight excluding hydrogens is 206 g/mol. The highest BCUT2D eigenvalue weighted by Gasteiger charge is 2.36. The van der Waals surface area contributed by atoms with Crippen LogP contribution in [0.25, 0.3) is 0 Å². The Morgan fingerprint density at radius 2 is 1.88 bits per heavy atom. The summed E-state index contributed by atoms with van der Waals surface area (Å²) in [6.45, 7) is 8.18. The van der Waals surface area contributed by atoms with Gasteiger partial charge in [0.05, 0.1) is 5.92 Å². The fourth-order valence-corrected chi connectivity index (χ4v) is 2.13. The average molecular weight is 227 g/mol. The molecular formula is C12H21NO3. The van der Waals surface area contributed by atoms with Crippen molar-refractivity contribution in [1.82, 2.24) is 4.90 Å². The molecule has 2 atom stereocenters. The number of rotatable bonds is 1. The molecule has 1 fully saturated rings. The summed E-state index contributed by atoms with van der Waals surface area (Å²) in [5, 5.41) is 8.94. The summed E-state index contributed by atoms with van der Waals surface area (Å²) in [6.07, 6.45) is 1.14. The quantitative estimate of drug-likeness (QED) is 0.742. The van der Waals surface area contributed by atoms with Gasteiger partial charge in [-0.15, -0.1) is 0 Å². The summed E-state index contributed by atoms with van der Waals surface area (Å²) in [5.74, 6) is -0.919. The minimum Gasteiger partial charge on any atom is -0.481 e. The molecule has 1 N–H and O–H groups in total. The van der Waals surface area contributed by atoms with Gasteiger partial charge in [-0.05, 0) is 19.8 Å². The predicted molar refractivity (Wildman–Crippen MR) is 61.0 cm³/mol. The number of carbonyl (C=O) groups is 2. The Hall–Kier alpha value is -1.06. The van der Waals surface area contributed by atoms with E-state index < -0.39 is 5.97 Å². The third-order valence-corrected chi connectivity index (χ3v) is 3.13. The molecule has 0 spiro atoms. The van der Waals surface area contributed by atoms with Crippen LogP contribution < -0.4 is 0 Å². The molecule has 4 nitrogen and oxygen atoms in total. The van der Waals surface area contributed by atoms with Crippen LogP contribution in [0.3, 0.4) is 0 Å². The second-order valence-electron chi connectivity index (χ2n) is 5.66. The first-order valence-electron chi connectivity index (χ1n) is 5.77. The van der Waals surface area contributed by atoms with Gasteiger partial charge >= 0.3 is 5.97 Å². The van der Waals surface area contributed by atoms with Crippen LogP contribution in [0.4, 0.5) is 0 Å². The van der Waals surface area contributed by atoms with Crippen molar-refractivity contribution in [3.05, 3.63) is 0 Å². The molecule has 1 heterocycles. The molecule has 1 aliphatic heterocycles. The van der Waals surface area contributed by atoms with Gasteiger partial charge in [0.2, 0.25) is 5.91 Å². The van der Waals surface area contributed by atoms with Crippen molar-refractivity contribution >= 4 is 11.9 Å². The topological polar surface area (TPSA) is 57.6 Å². The number of hydrogen-bond donors (Lipinski definition) is 1. The second-order valence-corrected chi connectivity index (χ2v) is 5.66. The Morgan fingerprint density at radius 3 is 2.25 bits per heavy atom. The molecule has 0 aromatic carbocycles. The van der Waals surface area contributed by atoms with E-state index in [1.807, 2.05) is 32.6 Å². The highest BCUT2D eigenvalue weighted by molar-refractivity contribution is 5.82. The van der Waals surface area contributed by atoms with Gasteiger partial charge < -0.3 is 10.0 Å². The largest absolute Gasteiger partial charge is 0.481 e. The van der Waals surface area contributed by atoms with E-state index >= 15 is 0 Å². The van der Waals surface area contributed by atoms with Crippen LogP contribution in [-0.2, 0) is 9.59 Å². The molecule has 2 unspecified atom stereocenters. The second kappa shape index (κ2) is 4.44. The number of aliphatic carboxylic acids is 1. The molecule has 1 saturated heterocycles. The van der Waals surface area contributed by atoms with E-state index in [1.54, 1.807) is 0 Å². The molecule has 92 valence electrons. The smallest absolute Gasteiger partial charge is 0.306 e. The van der Waals surface area contributed by atoms with Crippen molar-refractivity contribution in [2.75, 3.05) is 6.54 Å². The van der Waals surface area contributed by atoms with Crippen LogP contribution >= 0.6 is 0 Å². The van der Waals surface area contributed by atoms with E-state index in [9.17, 15) is 9.59 Å². The highest BCUT2D eigenvalue weighted by atomic mass is 16.4. The van der Waals surface area contributed by atoms with Crippen molar-refractivity contribution in [2.24, 2.45) is 11.3 Å². The number of piperidine rings is 1. The minimum atomic E-state index is -0.741. The summed E-state index contributed by atoms with van der Waals surface area (Å²) in [6, 6.07) is 0.0292. The van der Waals surface area contributed by atoms with Gasteiger partial charge in [0.1, 0.15) is 0 Å². The molecule has 1 rings (SSSR count). The molecule has 0 radical (unpaired) electrons. The number of carboxylic acid groups (broad SMARTS) is 1. The van der Waals surface area contributed by atoms with Gasteiger partial charge in [0, 0.05) is 18.0 Å². The fraction of sp³-hybridized carbons (Fsp3) is 0.833. The number of nitrogens with zero attached hydrogens (tertiary/aromatic N) is 1. The Labute approximate surface area is 96.6 Å². The average Bonchev–Trinajstić information content (AvgIpc) is 2.15. The zero-order valence-electron chi connectivity index (χ0n) is 10.5. The maximum absolute atomic E-state index is 12.1. The van der Waals surface area contributed by atoms with Crippen LogP contribution in [0, 0.1) is 11.3 Å². The number of likely N-dealkylation sites (tertiary alicyclic amines) is 1. The van der Waals surface area contributed by atoms with Crippen LogP contribution in [0.5, 0.6) is 0 Å². The predicted octanol–water partition coefficient (Wildman–Crippen LogP) is 1.74. The highest BCUT2D eigenvalue weighted by Crippen LogP contribution is 2.27. The first-order chi connectivity index (χ1) is 7.23. The Balaban J connectivity index is 2.68. The first-order valence-corrected chi connectivity index (χ1v) is 5.77. The Morgan fingerprint density at radius 1 is 1.31 bits per heavy atom. The van der Waals surface area contributed by atoms with Crippen molar-refractivity contribution < 1.29 is 14.7 Å². The molecule has 0 aliphatic carbocycles. The zero-order valence-corrected chi connectivity index (χ0v) is 10.5. The van der Waals surface area contributed by atoms with Gasteiger partial charge in [-0.25, -0.2) is 0 Å². The minimum absolute atomic E-state index is 0.0292. The Kier molecular flexibility index (Phi) is 3.61. The van der Waals surface area contributed by atoms with Gasteiger partial charge in [0.15, 0.2) is 0 Å². The van der Waals surface area contributed by atoms with Crippen molar-refractivity contribution in [3.8, 4) is 0 Å². The summed E-state index contributed by atoms with van der Waals surface area (Å²) >= 11 is 0. The van der Waals surface area contributed by atoms with E-state index in [-0.39, 0.29) is 23.3 Å². The molecule has 1 amide bonds. The summed E-state index contributed by atoms with van der Waals surface area (Å²) in [4.78, 5) is 24.8. The van der Waals surface area contributed by atoms with Crippen molar-refractivity contribution in [2.45, 2.75) is 46.6 Å². The van der Waals surface area contributed by atoms with Crippen LogP contribution in [0.2, 0.25) is 0 Å². The number of hydrogen-bond acceptors (Lipinski definition) is 2. The van der Waals surface area contributed by atoms with Gasteiger partial charge in [0.25, 0.3) is 0 Å². The van der Waals surface area contributed by atoms with Gasteiger partial charge in [-0.2, -0.15) is 0 Å². The molecule has 0 aromatic heterocycles. The summed E-state index contributed by atoms with van der Waals surface area (Å²) in [7, 11) is 0. The van der Waals surface area contributed by atoms with E-state index in [0.717, 1.165) is 0 Å². The van der Waals surface area contributed by atoms with E-state index in [1.165, 1.54) is 0 Å². The first kappa shape index (κ1) is 13.0. The van der Waals surface area contributed by atoms with E-state index in [2.05, 4.69) is 0 Å². The van der Waals surface area contributed by atoms with Crippen molar-refractivity contribution in [3.63, 3.8) is 0 Å². The lowest BCUT2D eigenvalue weighted by Crippen LogP contribution is -2.49. The van der Waals surface area contributed by atoms with Crippen LogP contribution in [0.15, 0.2) is 0 Å². The van der Waals surface area contributed by atoms with Crippen molar-refractivity contribution in [1.29, 1.82) is 0 Å². The standard InChI is InChI=1S/C12H21NO3/c1-8-7-9(10(14)15)5-6-13(8)11(16)12(2,3)4/h8-9H,5-7H2,1-4H3,(H,14,15). The monoisotopic (exact) mass is 227 g/mol. The molecule has 4 heteroatoms. The lowest BCUT2D eigenvalue weighted by atomic mass is 9.88. The normalized spacial score (nSPS) is 26.6. The Bertz CT molecular complexity index is 293. The summed E-state index contributed by atoms with van der Waals surface area (Å²) < 4.78 is 0. The third kappa shape index (κ3) is 2.74. The maximum Gasteiger partial charge on any atom is 0.306 e. The summed E-state index contributed by atoms with van der Waals surface area (Å²) in [5.41, 5.74) is -0.385.